The van der Waals surface area contributed by atoms with Gasteiger partial charge in [-0.05, 0) is 0 Å². The first-order valence-electron chi connectivity index (χ1n) is 7.47. The molecule has 2 rings (SSSR count). The van der Waals surface area contributed by atoms with Gasteiger partial charge in [0, 0.05) is 31.9 Å². The lowest BCUT2D eigenvalue weighted by Crippen LogP contribution is -2.30. The van der Waals surface area contributed by atoms with Crippen LogP contribution in [0, 0.1) is 15.9 Å². The van der Waals surface area contributed by atoms with Gasteiger partial charge in [-0.1, -0.05) is 11.6 Å². The third-order valence-electron chi connectivity index (χ3n) is 3.60. The molecule has 1 atom stereocenters. The SMILES string of the molecule is COC(=O)C(OC)Oc1cc(F)c(-c2nn(C)c(C(F)(F)F)c2Cl)cc1[N+](=O)[O-]. The van der Waals surface area contributed by atoms with Crippen LogP contribution in [0.5, 0.6) is 5.75 Å². The number of alkyl halides is 3. The Kier molecular flexibility index (Phi) is 6.33. The highest BCUT2D eigenvalue weighted by molar-refractivity contribution is 6.33. The average Bonchev–Trinajstić information content (AvgIpc) is 2.92. The lowest BCUT2D eigenvalue weighted by molar-refractivity contribution is -0.386. The first kappa shape index (κ1) is 22.4. The summed E-state index contributed by atoms with van der Waals surface area (Å²) in [7, 11) is 2.96. The number of rotatable bonds is 6. The first-order chi connectivity index (χ1) is 13.4. The van der Waals surface area contributed by atoms with Gasteiger partial charge in [-0.2, -0.15) is 18.3 Å². The number of halogens is 5. The number of esters is 1. The van der Waals surface area contributed by atoms with Gasteiger partial charge in [-0.3, -0.25) is 14.8 Å². The van der Waals surface area contributed by atoms with Gasteiger partial charge in [0.25, 0.3) is 6.29 Å². The highest BCUT2D eigenvalue weighted by atomic mass is 35.5. The lowest BCUT2D eigenvalue weighted by atomic mass is 10.1. The number of aromatic nitrogens is 2. The maximum absolute atomic E-state index is 14.6. The van der Waals surface area contributed by atoms with Crippen molar-refractivity contribution in [2.24, 2.45) is 7.05 Å². The number of ether oxygens (including phenoxy) is 3. The van der Waals surface area contributed by atoms with Crippen molar-refractivity contribution in [1.29, 1.82) is 0 Å². The molecule has 0 saturated heterocycles. The molecule has 0 fully saturated rings. The van der Waals surface area contributed by atoms with Crippen molar-refractivity contribution in [1.82, 2.24) is 9.78 Å². The van der Waals surface area contributed by atoms with Crippen molar-refractivity contribution < 1.29 is 41.5 Å². The average molecular weight is 442 g/mol. The number of nitro benzene ring substituents is 1. The Morgan fingerprint density at radius 3 is 2.41 bits per heavy atom. The van der Waals surface area contributed by atoms with E-state index in [0.717, 1.165) is 21.3 Å². The second kappa shape index (κ2) is 8.21. The summed E-state index contributed by atoms with van der Waals surface area (Å²) in [5.74, 6) is -3.02. The van der Waals surface area contributed by atoms with Crippen molar-refractivity contribution in [3.05, 3.63) is 38.8 Å². The molecule has 0 N–H and O–H groups in total. The Hall–Kier alpha value is -2.93. The molecule has 0 aliphatic carbocycles. The molecule has 29 heavy (non-hydrogen) atoms. The van der Waals surface area contributed by atoms with Crippen molar-refractivity contribution in [3.63, 3.8) is 0 Å². The minimum atomic E-state index is -4.89. The van der Waals surface area contributed by atoms with Gasteiger partial charge in [0.2, 0.25) is 5.75 Å². The van der Waals surface area contributed by atoms with Crippen LogP contribution < -0.4 is 4.74 Å². The number of hydrogen-bond acceptors (Lipinski definition) is 7. The molecule has 1 unspecified atom stereocenters. The number of carbonyl (C=O) groups is 1. The molecule has 0 spiro atoms. The number of hydrogen-bond donors (Lipinski definition) is 0. The second-order valence-corrected chi connectivity index (χ2v) is 5.78. The molecule has 1 aromatic heterocycles. The van der Waals surface area contributed by atoms with Crippen LogP contribution in [0.25, 0.3) is 11.3 Å². The van der Waals surface area contributed by atoms with E-state index < -0.39 is 62.6 Å². The van der Waals surface area contributed by atoms with Crippen LogP contribution in [0.1, 0.15) is 5.69 Å². The number of nitro groups is 1. The van der Waals surface area contributed by atoms with Gasteiger partial charge in [-0.25, -0.2) is 9.18 Å². The number of methoxy groups -OCH3 is 2. The van der Waals surface area contributed by atoms with Crippen LogP contribution in [0.3, 0.4) is 0 Å². The molecule has 0 aliphatic rings. The Morgan fingerprint density at radius 2 is 1.97 bits per heavy atom. The third kappa shape index (κ3) is 4.40. The largest absolute Gasteiger partial charge is 0.464 e. The third-order valence-corrected chi connectivity index (χ3v) is 3.96. The Balaban J connectivity index is 2.62. The summed E-state index contributed by atoms with van der Waals surface area (Å²) >= 11 is 5.71. The van der Waals surface area contributed by atoms with Gasteiger partial charge >= 0.3 is 17.8 Å². The van der Waals surface area contributed by atoms with Crippen LogP contribution in [0.15, 0.2) is 12.1 Å². The molecule has 0 saturated carbocycles. The van der Waals surface area contributed by atoms with Gasteiger partial charge in [-0.15, -0.1) is 0 Å². The summed E-state index contributed by atoms with van der Waals surface area (Å²) in [5, 5.41) is 13.9. The summed E-state index contributed by atoms with van der Waals surface area (Å²) in [5.41, 5.74) is -3.57. The van der Waals surface area contributed by atoms with Crippen molar-refractivity contribution in [2.75, 3.05) is 14.2 Å². The van der Waals surface area contributed by atoms with Crippen LogP contribution in [0.2, 0.25) is 5.02 Å². The first-order valence-corrected chi connectivity index (χ1v) is 7.85. The molecule has 14 heteroatoms. The van der Waals surface area contributed by atoms with E-state index in [0.29, 0.717) is 16.8 Å². The quantitative estimate of drug-likeness (QED) is 0.222. The molecule has 2 aromatic rings. The van der Waals surface area contributed by atoms with Crippen LogP contribution in [-0.4, -0.2) is 41.2 Å². The maximum atomic E-state index is 14.6. The van der Waals surface area contributed by atoms with E-state index in [1.165, 1.54) is 0 Å². The van der Waals surface area contributed by atoms with Crippen LogP contribution in [0.4, 0.5) is 23.2 Å². The molecule has 0 amide bonds. The maximum Gasteiger partial charge on any atom is 0.434 e. The van der Waals surface area contributed by atoms with Gasteiger partial charge < -0.3 is 14.2 Å². The fraction of sp³-hybridized carbons (Fsp3) is 0.333. The van der Waals surface area contributed by atoms with Crippen molar-refractivity contribution >= 4 is 23.3 Å². The van der Waals surface area contributed by atoms with Crippen molar-refractivity contribution in [3.8, 4) is 17.0 Å². The zero-order chi connectivity index (χ0) is 22.1. The number of carbonyl (C=O) groups excluding carboxylic acids is 1. The minimum Gasteiger partial charge on any atom is -0.464 e. The normalized spacial score (nSPS) is 12.6. The molecule has 0 aliphatic heterocycles. The van der Waals surface area contributed by atoms with E-state index in [9.17, 15) is 32.5 Å². The highest BCUT2D eigenvalue weighted by Gasteiger charge is 2.40. The van der Waals surface area contributed by atoms with Gasteiger partial charge in [0.1, 0.15) is 11.5 Å². The fourth-order valence-electron chi connectivity index (χ4n) is 2.34. The van der Waals surface area contributed by atoms with E-state index in [-0.39, 0.29) is 0 Å². The summed E-state index contributed by atoms with van der Waals surface area (Å²) < 4.78 is 68.2. The molecule has 0 radical (unpaired) electrons. The monoisotopic (exact) mass is 441 g/mol. The van der Waals surface area contributed by atoms with Crippen LogP contribution in [-0.2, 0) is 27.5 Å². The lowest BCUT2D eigenvalue weighted by Gasteiger charge is -2.15. The fourth-order valence-corrected chi connectivity index (χ4v) is 2.71. The Morgan fingerprint density at radius 1 is 1.34 bits per heavy atom. The second-order valence-electron chi connectivity index (χ2n) is 5.40. The number of aryl methyl sites for hydroxylation is 1. The Bertz CT molecular complexity index is 963. The topological polar surface area (TPSA) is 106 Å². The highest BCUT2D eigenvalue weighted by Crippen LogP contribution is 2.42. The molecule has 0 bridgehead atoms. The number of benzene rings is 1. The summed E-state index contributed by atoms with van der Waals surface area (Å²) in [6.07, 6.45) is -6.64. The van der Waals surface area contributed by atoms with E-state index >= 15 is 0 Å². The van der Waals surface area contributed by atoms with Crippen molar-refractivity contribution in [2.45, 2.75) is 12.5 Å². The van der Waals surface area contributed by atoms with Crippen LogP contribution >= 0.6 is 11.6 Å². The number of nitrogens with zero attached hydrogens (tertiary/aromatic N) is 3. The molecular formula is C15H12ClF4N3O6. The standard InChI is InChI=1S/C15H12ClF4N3O6/c1-22-12(15(18,19)20)10(16)11(21-22)6-4-8(23(25)26)9(5-7(6)17)29-14(28-3)13(24)27-2/h4-5,14H,1-3H3. The predicted molar refractivity (Wildman–Crippen MR) is 88.7 cm³/mol. The molecular weight excluding hydrogens is 430 g/mol. The van der Waals surface area contributed by atoms with Gasteiger partial charge in [0.05, 0.1) is 17.1 Å². The van der Waals surface area contributed by atoms with E-state index in [1.807, 2.05) is 0 Å². The molecule has 9 nitrogen and oxygen atoms in total. The minimum absolute atomic E-state index is 0.381. The summed E-state index contributed by atoms with van der Waals surface area (Å²) in [6.45, 7) is 0. The van der Waals surface area contributed by atoms with Gasteiger partial charge in [0.15, 0.2) is 5.69 Å². The predicted octanol–water partition coefficient (Wildman–Crippen LogP) is 3.33. The summed E-state index contributed by atoms with van der Waals surface area (Å²) in [4.78, 5) is 21.9. The van der Waals surface area contributed by atoms with E-state index in [1.54, 1.807) is 0 Å². The van der Waals surface area contributed by atoms with E-state index in [4.69, 9.17) is 16.3 Å². The zero-order valence-electron chi connectivity index (χ0n) is 14.9. The zero-order valence-corrected chi connectivity index (χ0v) is 15.7. The summed E-state index contributed by atoms with van der Waals surface area (Å²) in [6, 6.07) is 1.09. The molecule has 1 aromatic carbocycles. The van der Waals surface area contributed by atoms with E-state index in [2.05, 4.69) is 14.6 Å². The molecule has 158 valence electrons. The Labute approximate surface area is 164 Å². The molecule has 1 heterocycles. The smallest absolute Gasteiger partial charge is 0.434 e.